The topological polar surface area (TPSA) is 46.2 Å². The fourth-order valence-corrected chi connectivity index (χ4v) is 0.514. The van der Waals surface area contributed by atoms with E-state index in [2.05, 4.69) is 11.9 Å². The summed E-state index contributed by atoms with van der Waals surface area (Å²) in [6.45, 7) is 7.14. The summed E-state index contributed by atoms with van der Waals surface area (Å²) in [7, 11) is 0. The van der Waals surface area contributed by atoms with Crippen molar-refractivity contribution in [3.8, 4) is 0 Å². The van der Waals surface area contributed by atoms with Crippen molar-refractivity contribution in [1.82, 2.24) is 5.32 Å². The summed E-state index contributed by atoms with van der Waals surface area (Å²) in [5, 5.41) is 2.41. The molecule has 0 saturated heterocycles. The smallest absolute Gasteiger partial charge is 0.287 e. The van der Waals surface area contributed by atoms with Crippen LogP contribution in [0.25, 0.3) is 0 Å². The molecule has 0 bridgehead atoms. The van der Waals surface area contributed by atoms with E-state index in [1.54, 1.807) is 13.8 Å². The average molecular weight is 155 g/mol. The summed E-state index contributed by atoms with van der Waals surface area (Å²) in [5.41, 5.74) is 0. The van der Waals surface area contributed by atoms with E-state index < -0.39 is 5.91 Å². The predicted molar refractivity (Wildman–Crippen MR) is 43.1 cm³/mol. The maximum Gasteiger partial charge on any atom is 0.287 e. The minimum Gasteiger partial charge on any atom is -0.346 e. The van der Waals surface area contributed by atoms with Crippen molar-refractivity contribution >= 4 is 11.7 Å². The molecule has 1 amide bonds. The second-order valence-electron chi connectivity index (χ2n) is 2.52. The highest BCUT2D eigenvalue weighted by atomic mass is 16.2. The van der Waals surface area contributed by atoms with Gasteiger partial charge in [-0.05, 0) is 0 Å². The molecule has 0 aromatic rings. The lowest BCUT2D eigenvalue weighted by Crippen LogP contribution is -2.33. The zero-order valence-corrected chi connectivity index (χ0v) is 6.89. The van der Waals surface area contributed by atoms with Gasteiger partial charge in [-0.3, -0.25) is 9.59 Å². The number of rotatable bonds is 4. The van der Waals surface area contributed by atoms with E-state index in [1.807, 2.05) is 0 Å². The molecule has 0 aliphatic rings. The maximum atomic E-state index is 10.9. The van der Waals surface area contributed by atoms with Crippen LogP contribution in [0.15, 0.2) is 12.7 Å². The average Bonchev–Trinajstić information content (AvgIpc) is 1.98. The zero-order chi connectivity index (χ0) is 8.85. The Balaban J connectivity index is 3.83. The third-order valence-corrected chi connectivity index (χ3v) is 1.16. The zero-order valence-electron chi connectivity index (χ0n) is 6.89. The van der Waals surface area contributed by atoms with Crippen molar-refractivity contribution in [2.24, 2.45) is 5.92 Å². The van der Waals surface area contributed by atoms with Crippen LogP contribution in [0.5, 0.6) is 0 Å². The third-order valence-electron chi connectivity index (χ3n) is 1.16. The Morgan fingerprint density at radius 1 is 1.55 bits per heavy atom. The molecule has 0 spiro atoms. The Kier molecular flexibility index (Phi) is 4.18. The lowest BCUT2D eigenvalue weighted by atomic mass is 10.1. The quantitative estimate of drug-likeness (QED) is 0.475. The van der Waals surface area contributed by atoms with Gasteiger partial charge in [0.05, 0.1) is 0 Å². The first-order valence-electron chi connectivity index (χ1n) is 3.52. The first-order chi connectivity index (χ1) is 5.09. The number of ketones is 1. The van der Waals surface area contributed by atoms with Crippen molar-refractivity contribution in [2.75, 3.05) is 6.54 Å². The van der Waals surface area contributed by atoms with Crippen LogP contribution in [0, 0.1) is 5.92 Å². The molecule has 0 aliphatic heterocycles. The molecule has 0 aromatic carbocycles. The highest BCUT2D eigenvalue weighted by Crippen LogP contribution is 1.92. The molecule has 0 saturated carbocycles. The summed E-state index contributed by atoms with van der Waals surface area (Å²) < 4.78 is 0. The van der Waals surface area contributed by atoms with E-state index in [1.165, 1.54) is 6.08 Å². The lowest BCUT2D eigenvalue weighted by Gasteiger charge is -2.02. The molecular weight excluding hydrogens is 142 g/mol. The minimum atomic E-state index is -0.528. The second kappa shape index (κ2) is 4.66. The Bertz CT molecular complexity index is 173. The number of carbonyl (C=O) groups excluding carboxylic acids is 2. The van der Waals surface area contributed by atoms with E-state index in [0.717, 1.165) is 0 Å². The van der Waals surface area contributed by atoms with Gasteiger partial charge >= 0.3 is 0 Å². The Hall–Kier alpha value is -1.12. The molecule has 0 unspecified atom stereocenters. The molecule has 0 aliphatic carbocycles. The number of nitrogens with one attached hydrogen (secondary N) is 1. The van der Waals surface area contributed by atoms with Crippen molar-refractivity contribution in [2.45, 2.75) is 13.8 Å². The highest BCUT2D eigenvalue weighted by Gasteiger charge is 2.15. The van der Waals surface area contributed by atoms with Crippen LogP contribution in [-0.4, -0.2) is 18.2 Å². The molecule has 0 rings (SSSR count). The lowest BCUT2D eigenvalue weighted by molar-refractivity contribution is -0.139. The monoisotopic (exact) mass is 155 g/mol. The van der Waals surface area contributed by atoms with Crippen LogP contribution in [0.1, 0.15) is 13.8 Å². The Morgan fingerprint density at radius 2 is 2.09 bits per heavy atom. The van der Waals surface area contributed by atoms with Gasteiger partial charge in [0.25, 0.3) is 5.91 Å². The first-order valence-corrected chi connectivity index (χ1v) is 3.52. The molecule has 3 heteroatoms. The van der Waals surface area contributed by atoms with Gasteiger partial charge in [-0.2, -0.15) is 0 Å². The highest BCUT2D eigenvalue weighted by molar-refractivity contribution is 6.36. The minimum absolute atomic E-state index is 0.236. The molecule has 62 valence electrons. The van der Waals surface area contributed by atoms with Gasteiger partial charge in [-0.25, -0.2) is 0 Å². The molecule has 0 atom stereocenters. The van der Waals surface area contributed by atoms with Crippen molar-refractivity contribution < 1.29 is 9.59 Å². The van der Waals surface area contributed by atoms with E-state index in [4.69, 9.17) is 0 Å². The molecule has 1 N–H and O–H groups in total. The van der Waals surface area contributed by atoms with Crippen molar-refractivity contribution in [3.05, 3.63) is 12.7 Å². The fraction of sp³-hybridized carbons (Fsp3) is 0.500. The van der Waals surface area contributed by atoms with Crippen molar-refractivity contribution in [3.63, 3.8) is 0 Å². The second-order valence-corrected chi connectivity index (χ2v) is 2.52. The van der Waals surface area contributed by atoms with Crippen LogP contribution >= 0.6 is 0 Å². The van der Waals surface area contributed by atoms with E-state index in [-0.39, 0.29) is 11.7 Å². The fourth-order valence-electron chi connectivity index (χ4n) is 0.514. The van der Waals surface area contributed by atoms with Crippen LogP contribution in [0.2, 0.25) is 0 Å². The molecule has 0 aromatic heterocycles. The van der Waals surface area contributed by atoms with Crippen LogP contribution < -0.4 is 5.32 Å². The molecule has 11 heavy (non-hydrogen) atoms. The Morgan fingerprint density at radius 3 is 2.45 bits per heavy atom. The van der Waals surface area contributed by atoms with Gasteiger partial charge < -0.3 is 5.32 Å². The third kappa shape index (κ3) is 3.55. The standard InChI is InChI=1S/C8H13NO2/c1-4-5-9-8(11)7(10)6(2)3/h4,6H,1,5H2,2-3H3,(H,9,11). The van der Waals surface area contributed by atoms with Gasteiger partial charge in [0, 0.05) is 12.5 Å². The predicted octanol–water partition coefficient (Wildman–Crippen LogP) is 0.514. The van der Waals surface area contributed by atoms with E-state index in [0.29, 0.717) is 6.54 Å². The summed E-state index contributed by atoms with van der Waals surface area (Å²) in [5.74, 6) is -1.15. The SMILES string of the molecule is C=CCNC(=O)C(=O)C(C)C. The van der Waals surface area contributed by atoms with Crippen LogP contribution in [0.3, 0.4) is 0 Å². The molecule has 0 fully saturated rings. The van der Waals surface area contributed by atoms with Crippen molar-refractivity contribution in [1.29, 1.82) is 0 Å². The number of hydrogen-bond acceptors (Lipinski definition) is 2. The van der Waals surface area contributed by atoms with Gasteiger partial charge in [0.1, 0.15) is 0 Å². The summed E-state index contributed by atoms with van der Waals surface area (Å²) in [4.78, 5) is 21.7. The van der Waals surface area contributed by atoms with Gasteiger partial charge in [-0.15, -0.1) is 6.58 Å². The molecule has 0 heterocycles. The Labute approximate surface area is 66.5 Å². The first kappa shape index (κ1) is 9.88. The van der Waals surface area contributed by atoms with Gasteiger partial charge in [0.2, 0.25) is 5.78 Å². The van der Waals surface area contributed by atoms with Crippen LogP contribution in [0.4, 0.5) is 0 Å². The summed E-state index contributed by atoms with van der Waals surface area (Å²) in [6.07, 6.45) is 1.53. The van der Waals surface area contributed by atoms with Gasteiger partial charge in [0.15, 0.2) is 0 Å². The molecular formula is C8H13NO2. The van der Waals surface area contributed by atoms with E-state index >= 15 is 0 Å². The van der Waals surface area contributed by atoms with Crippen LogP contribution in [-0.2, 0) is 9.59 Å². The number of hydrogen-bond donors (Lipinski definition) is 1. The van der Waals surface area contributed by atoms with E-state index in [9.17, 15) is 9.59 Å². The number of amides is 1. The number of carbonyl (C=O) groups is 2. The van der Waals surface area contributed by atoms with Gasteiger partial charge in [-0.1, -0.05) is 19.9 Å². The maximum absolute atomic E-state index is 10.9. The summed E-state index contributed by atoms with van der Waals surface area (Å²) in [6, 6.07) is 0. The molecule has 3 nitrogen and oxygen atoms in total. The largest absolute Gasteiger partial charge is 0.346 e. The normalized spacial score (nSPS) is 9.36. The summed E-state index contributed by atoms with van der Waals surface area (Å²) >= 11 is 0. The molecule has 0 radical (unpaired) electrons. The number of Topliss-reactive ketones (excluding diaryl/α,β-unsaturated/α-hetero) is 1.